The van der Waals surface area contributed by atoms with E-state index >= 15 is 0 Å². The largest absolute Gasteiger partial charge is 0.254 e. The zero-order chi connectivity index (χ0) is 9.84. The van der Waals surface area contributed by atoms with Gasteiger partial charge in [0.15, 0.2) is 0 Å². The van der Waals surface area contributed by atoms with Crippen LogP contribution in [0.5, 0.6) is 0 Å². The standard InChI is InChI=1S/C9H10Br2OS/c1-2-3-13(12)9-5-7(10)4-8(11)6-9/h4-6H,2-3H2,1H3. The van der Waals surface area contributed by atoms with E-state index in [2.05, 4.69) is 31.9 Å². The lowest BCUT2D eigenvalue weighted by atomic mass is 10.4. The Balaban J connectivity index is 2.94. The molecule has 0 aliphatic rings. The molecule has 0 heterocycles. The van der Waals surface area contributed by atoms with E-state index in [4.69, 9.17) is 0 Å². The Labute approximate surface area is 97.6 Å². The van der Waals surface area contributed by atoms with Crippen LogP contribution in [0.25, 0.3) is 0 Å². The highest BCUT2D eigenvalue weighted by molar-refractivity contribution is 9.11. The second-order valence-electron chi connectivity index (χ2n) is 2.65. The molecule has 0 amide bonds. The summed E-state index contributed by atoms with van der Waals surface area (Å²) in [4.78, 5) is 0.878. The van der Waals surface area contributed by atoms with Gasteiger partial charge in [-0.15, -0.1) is 0 Å². The summed E-state index contributed by atoms with van der Waals surface area (Å²) in [5.74, 6) is 0.725. The van der Waals surface area contributed by atoms with Crippen molar-refractivity contribution in [1.29, 1.82) is 0 Å². The molecule has 0 aliphatic heterocycles. The highest BCUT2D eigenvalue weighted by Crippen LogP contribution is 2.22. The van der Waals surface area contributed by atoms with Gasteiger partial charge in [-0.25, -0.2) is 0 Å². The predicted octanol–water partition coefficient (Wildman–Crippen LogP) is 3.73. The van der Waals surface area contributed by atoms with Crippen LogP contribution in [-0.4, -0.2) is 9.96 Å². The average molecular weight is 326 g/mol. The van der Waals surface area contributed by atoms with Crippen LogP contribution in [0.2, 0.25) is 0 Å². The maximum Gasteiger partial charge on any atom is 0.0530 e. The van der Waals surface area contributed by atoms with Crippen molar-refractivity contribution >= 4 is 42.7 Å². The topological polar surface area (TPSA) is 17.1 Å². The van der Waals surface area contributed by atoms with Crippen molar-refractivity contribution in [1.82, 2.24) is 0 Å². The van der Waals surface area contributed by atoms with Gasteiger partial charge in [0.25, 0.3) is 0 Å². The monoisotopic (exact) mass is 324 g/mol. The fourth-order valence-electron chi connectivity index (χ4n) is 0.963. The van der Waals surface area contributed by atoms with Crippen LogP contribution < -0.4 is 0 Å². The summed E-state index contributed by atoms with van der Waals surface area (Å²) in [5, 5.41) is 0. The molecular weight excluding hydrogens is 316 g/mol. The van der Waals surface area contributed by atoms with Crippen LogP contribution in [0.4, 0.5) is 0 Å². The molecule has 0 fully saturated rings. The van der Waals surface area contributed by atoms with E-state index in [1.54, 1.807) is 0 Å². The summed E-state index contributed by atoms with van der Waals surface area (Å²) in [5.41, 5.74) is 0. The first-order valence-corrected chi connectivity index (χ1v) is 6.88. The zero-order valence-corrected chi connectivity index (χ0v) is 11.2. The van der Waals surface area contributed by atoms with E-state index in [-0.39, 0.29) is 0 Å². The zero-order valence-electron chi connectivity index (χ0n) is 7.22. The molecule has 0 spiro atoms. The normalized spacial score (nSPS) is 12.8. The molecule has 0 saturated carbocycles. The average Bonchev–Trinajstić information content (AvgIpc) is 2.03. The fourth-order valence-corrected chi connectivity index (χ4v) is 3.68. The van der Waals surface area contributed by atoms with Crippen molar-refractivity contribution in [3.05, 3.63) is 27.1 Å². The molecule has 1 aromatic carbocycles. The van der Waals surface area contributed by atoms with E-state index in [0.717, 1.165) is 26.0 Å². The maximum absolute atomic E-state index is 11.6. The highest BCUT2D eigenvalue weighted by Gasteiger charge is 2.04. The van der Waals surface area contributed by atoms with Crippen LogP contribution in [0.15, 0.2) is 32.0 Å². The molecule has 1 rings (SSSR count). The van der Waals surface area contributed by atoms with Gasteiger partial charge in [0.2, 0.25) is 0 Å². The van der Waals surface area contributed by atoms with Crippen LogP contribution in [0.3, 0.4) is 0 Å². The third-order valence-corrected chi connectivity index (χ3v) is 3.94. The van der Waals surface area contributed by atoms with E-state index in [9.17, 15) is 4.21 Å². The molecule has 0 saturated heterocycles. The molecule has 0 radical (unpaired) electrons. The maximum atomic E-state index is 11.6. The van der Waals surface area contributed by atoms with Gasteiger partial charge in [0.1, 0.15) is 0 Å². The SMILES string of the molecule is CCCS(=O)c1cc(Br)cc(Br)c1. The first kappa shape index (κ1) is 11.4. The van der Waals surface area contributed by atoms with E-state index in [0.29, 0.717) is 0 Å². The molecule has 1 aromatic rings. The third-order valence-electron chi connectivity index (χ3n) is 1.49. The molecule has 0 aliphatic carbocycles. The van der Waals surface area contributed by atoms with Crippen molar-refractivity contribution in [3.8, 4) is 0 Å². The first-order valence-electron chi connectivity index (χ1n) is 3.98. The first-order chi connectivity index (χ1) is 6.13. The van der Waals surface area contributed by atoms with Gasteiger partial charge in [-0.1, -0.05) is 38.8 Å². The second-order valence-corrected chi connectivity index (χ2v) is 6.06. The van der Waals surface area contributed by atoms with Gasteiger partial charge in [0.05, 0.1) is 10.8 Å². The Morgan fingerprint density at radius 1 is 1.23 bits per heavy atom. The summed E-state index contributed by atoms with van der Waals surface area (Å²) in [6.07, 6.45) is 0.941. The number of benzene rings is 1. The lowest BCUT2D eigenvalue weighted by Gasteiger charge is -2.02. The minimum atomic E-state index is -0.864. The van der Waals surface area contributed by atoms with E-state index in [1.165, 1.54) is 0 Å². The Bertz CT molecular complexity index is 305. The molecule has 0 N–H and O–H groups in total. The minimum absolute atomic E-state index is 0.725. The molecule has 72 valence electrons. The number of halogens is 2. The highest BCUT2D eigenvalue weighted by atomic mass is 79.9. The summed E-state index contributed by atoms with van der Waals surface area (Å²) in [6.45, 7) is 2.03. The van der Waals surface area contributed by atoms with Crippen molar-refractivity contribution in [3.63, 3.8) is 0 Å². The third kappa shape index (κ3) is 3.52. The molecule has 4 heteroatoms. The Kier molecular flexibility index (Phi) is 4.62. The second kappa shape index (κ2) is 5.27. The molecule has 1 nitrogen and oxygen atoms in total. The molecule has 13 heavy (non-hydrogen) atoms. The van der Waals surface area contributed by atoms with Crippen molar-refractivity contribution in [2.24, 2.45) is 0 Å². The van der Waals surface area contributed by atoms with Gasteiger partial charge in [0, 0.05) is 19.6 Å². The molecule has 0 bridgehead atoms. The van der Waals surface area contributed by atoms with Crippen molar-refractivity contribution in [2.45, 2.75) is 18.2 Å². The minimum Gasteiger partial charge on any atom is -0.254 e. The van der Waals surface area contributed by atoms with E-state index in [1.807, 2.05) is 25.1 Å². The van der Waals surface area contributed by atoms with Crippen molar-refractivity contribution < 1.29 is 4.21 Å². The Morgan fingerprint density at radius 2 is 1.77 bits per heavy atom. The van der Waals surface area contributed by atoms with Crippen LogP contribution in [0.1, 0.15) is 13.3 Å². The van der Waals surface area contributed by atoms with Crippen LogP contribution in [0, 0.1) is 0 Å². The summed E-state index contributed by atoms with van der Waals surface area (Å²) in [7, 11) is -0.864. The van der Waals surface area contributed by atoms with E-state index < -0.39 is 10.8 Å². The lowest BCUT2D eigenvalue weighted by molar-refractivity contribution is 0.681. The van der Waals surface area contributed by atoms with Gasteiger partial charge < -0.3 is 0 Å². The smallest absolute Gasteiger partial charge is 0.0530 e. The quantitative estimate of drug-likeness (QED) is 0.827. The van der Waals surface area contributed by atoms with Gasteiger partial charge >= 0.3 is 0 Å². The number of hydrogen-bond donors (Lipinski definition) is 0. The summed E-state index contributed by atoms with van der Waals surface area (Å²) < 4.78 is 13.5. The number of rotatable bonds is 3. The lowest BCUT2D eigenvalue weighted by Crippen LogP contribution is -1.96. The summed E-state index contributed by atoms with van der Waals surface area (Å²) in [6, 6.07) is 5.74. The molecule has 0 aromatic heterocycles. The molecular formula is C9H10Br2OS. The summed E-state index contributed by atoms with van der Waals surface area (Å²) >= 11 is 6.74. The Morgan fingerprint density at radius 3 is 2.23 bits per heavy atom. The molecule has 1 unspecified atom stereocenters. The van der Waals surface area contributed by atoms with Gasteiger partial charge in [-0.3, -0.25) is 4.21 Å². The number of hydrogen-bond acceptors (Lipinski definition) is 1. The van der Waals surface area contributed by atoms with Gasteiger partial charge in [-0.05, 0) is 24.6 Å². The fraction of sp³-hybridized carbons (Fsp3) is 0.333. The Hall–Kier alpha value is 0.330. The van der Waals surface area contributed by atoms with Crippen LogP contribution in [-0.2, 0) is 10.8 Å². The van der Waals surface area contributed by atoms with Crippen LogP contribution >= 0.6 is 31.9 Å². The predicted molar refractivity (Wildman–Crippen MR) is 63.4 cm³/mol. The molecule has 1 atom stereocenters. The van der Waals surface area contributed by atoms with Gasteiger partial charge in [-0.2, -0.15) is 0 Å². The van der Waals surface area contributed by atoms with Crippen molar-refractivity contribution in [2.75, 3.05) is 5.75 Å².